The third-order valence-electron chi connectivity index (χ3n) is 4.25. The van der Waals surface area contributed by atoms with Crippen LogP contribution in [0.3, 0.4) is 0 Å². The number of hydrogen-bond donors (Lipinski definition) is 1. The number of rotatable bonds is 6. The van der Waals surface area contributed by atoms with Gasteiger partial charge in [0.1, 0.15) is 17.2 Å². The van der Waals surface area contributed by atoms with Crippen LogP contribution in [-0.2, 0) is 11.0 Å². The topological polar surface area (TPSA) is 55.8 Å². The van der Waals surface area contributed by atoms with Gasteiger partial charge in [0.2, 0.25) is 0 Å². The van der Waals surface area contributed by atoms with Gasteiger partial charge in [0, 0.05) is 11.6 Å². The normalized spacial score (nSPS) is 12.1. The first kappa shape index (κ1) is 23.7. The van der Waals surface area contributed by atoms with Gasteiger partial charge < -0.3 is 14.6 Å². The Kier molecular flexibility index (Phi) is 6.66. The molecule has 0 aromatic heterocycles. The molecule has 10 heteroatoms. The lowest BCUT2D eigenvalue weighted by atomic mass is 10.0. The highest BCUT2D eigenvalue weighted by Crippen LogP contribution is 2.35. The Labute approximate surface area is 183 Å². The van der Waals surface area contributed by atoms with E-state index in [1.807, 2.05) is 0 Å². The highest BCUT2D eigenvalue weighted by molar-refractivity contribution is 5.86. The molecule has 0 radical (unpaired) electrons. The molecular formula is C23H14F6O4. The number of benzene rings is 3. The summed E-state index contributed by atoms with van der Waals surface area (Å²) in [7, 11) is 0. The van der Waals surface area contributed by atoms with Crippen molar-refractivity contribution in [2.45, 2.75) is 12.5 Å². The van der Waals surface area contributed by atoms with E-state index in [0.29, 0.717) is 16.7 Å². The molecule has 0 saturated carbocycles. The van der Waals surface area contributed by atoms with Crippen molar-refractivity contribution in [1.82, 2.24) is 0 Å². The van der Waals surface area contributed by atoms with Gasteiger partial charge in [-0.15, -0.1) is 13.2 Å². The van der Waals surface area contributed by atoms with E-state index in [0.717, 1.165) is 42.5 Å². The summed E-state index contributed by atoms with van der Waals surface area (Å²) < 4.78 is 84.8. The second-order valence-electron chi connectivity index (χ2n) is 6.62. The quantitative estimate of drug-likeness (QED) is 0.308. The van der Waals surface area contributed by atoms with Gasteiger partial charge in [0.05, 0.1) is 5.56 Å². The molecule has 0 amide bonds. The largest absolute Gasteiger partial charge is 0.573 e. The number of hydrogen-bond acceptors (Lipinski definition) is 3. The number of alkyl halides is 6. The third kappa shape index (κ3) is 6.76. The summed E-state index contributed by atoms with van der Waals surface area (Å²) in [6, 6.07) is 13.5. The summed E-state index contributed by atoms with van der Waals surface area (Å²) in [6.07, 6.45) is -7.25. The van der Waals surface area contributed by atoms with Crippen molar-refractivity contribution in [2.75, 3.05) is 0 Å². The van der Waals surface area contributed by atoms with E-state index in [1.54, 1.807) is 6.07 Å². The fourth-order valence-corrected chi connectivity index (χ4v) is 2.79. The average Bonchev–Trinajstić information content (AvgIpc) is 2.72. The van der Waals surface area contributed by atoms with Crippen LogP contribution in [0.2, 0.25) is 0 Å². The first-order chi connectivity index (χ1) is 15.4. The molecular weight excluding hydrogens is 454 g/mol. The summed E-state index contributed by atoms with van der Waals surface area (Å²) in [5.74, 6) is -1.44. The number of halogens is 6. The van der Waals surface area contributed by atoms with Gasteiger partial charge in [-0.1, -0.05) is 24.3 Å². The van der Waals surface area contributed by atoms with E-state index in [1.165, 1.54) is 30.3 Å². The monoisotopic (exact) mass is 468 g/mol. The predicted octanol–water partition coefficient (Wildman–Crippen LogP) is 7.16. The zero-order valence-corrected chi connectivity index (χ0v) is 16.4. The molecule has 0 unspecified atom stereocenters. The molecule has 0 spiro atoms. The first-order valence-corrected chi connectivity index (χ1v) is 9.17. The maximum atomic E-state index is 12.8. The number of aliphatic carboxylic acids is 1. The summed E-state index contributed by atoms with van der Waals surface area (Å²) >= 11 is 0. The van der Waals surface area contributed by atoms with Gasteiger partial charge in [-0.25, -0.2) is 4.79 Å². The van der Waals surface area contributed by atoms with E-state index in [4.69, 9.17) is 9.84 Å². The fourth-order valence-electron chi connectivity index (χ4n) is 2.79. The second kappa shape index (κ2) is 9.27. The molecule has 0 aliphatic heterocycles. The molecule has 0 fully saturated rings. The molecule has 4 nitrogen and oxygen atoms in total. The SMILES string of the molecule is O=C(O)C=Cc1ccc(-c2ccc(OC(F)(F)F)cc2)cc1Oc1ccc(C(F)(F)F)cc1. The lowest BCUT2D eigenvalue weighted by molar-refractivity contribution is -0.274. The Morgan fingerprint density at radius 2 is 1.36 bits per heavy atom. The Bertz CT molecular complexity index is 1150. The van der Waals surface area contributed by atoms with Crippen molar-refractivity contribution in [3.63, 3.8) is 0 Å². The van der Waals surface area contributed by atoms with Gasteiger partial charge in [0.15, 0.2) is 0 Å². The zero-order chi connectivity index (χ0) is 24.2. The van der Waals surface area contributed by atoms with Crippen molar-refractivity contribution in [2.24, 2.45) is 0 Å². The van der Waals surface area contributed by atoms with Crippen molar-refractivity contribution in [3.05, 3.63) is 83.9 Å². The van der Waals surface area contributed by atoms with Crippen molar-refractivity contribution >= 4 is 12.0 Å². The summed E-state index contributed by atoms with van der Waals surface area (Å²) in [6.45, 7) is 0. The van der Waals surface area contributed by atoms with Crippen LogP contribution in [-0.4, -0.2) is 17.4 Å². The standard InChI is InChI=1S/C23H14F6O4/c24-22(25,26)17-6-10-18(11-7-17)32-20-13-16(2-1-15(20)5-12-21(30)31)14-3-8-19(9-4-14)33-23(27,28)29/h1-13H,(H,30,31). The van der Waals surface area contributed by atoms with Gasteiger partial charge in [-0.3, -0.25) is 0 Å². The highest BCUT2D eigenvalue weighted by atomic mass is 19.4. The molecule has 0 saturated heterocycles. The molecule has 33 heavy (non-hydrogen) atoms. The van der Waals surface area contributed by atoms with Crippen LogP contribution in [0.5, 0.6) is 17.2 Å². The smallest absolute Gasteiger partial charge is 0.478 e. The minimum atomic E-state index is -4.83. The molecule has 0 atom stereocenters. The summed E-state index contributed by atoms with van der Waals surface area (Å²) in [4.78, 5) is 10.9. The molecule has 3 aromatic carbocycles. The molecule has 0 aliphatic rings. The number of carboxylic acid groups (broad SMARTS) is 1. The van der Waals surface area contributed by atoms with Gasteiger partial charge in [0.25, 0.3) is 0 Å². The first-order valence-electron chi connectivity index (χ1n) is 9.17. The molecule has 0 heterocycles. The molecule has 0 bridgehead atoms. The summed E-state index contributed by atoms with van der Waals surface area (Å²) in [5.41, 5.74) is 0.451. The van der Waals surface area contributed by atoms with Crippen LogP contribution in [0.1, 0.15) is 11.1 Å². The van der Waals surface area contributed by atoms with Crippen LogP contribution in [0.25, 0.3) is 17.2 Å². The van der Waals surface area contributed by atoms with Crippen LogP contribution >= 0.6 is 0 Å². The zero-order valence-electron chi connectivity index (χ0n) is 16.4. The highest BCUT2D eigenvalue weighted by Gasteiger charge is 2.31. The van der Waals surface area contributed by atoms with Crippen LogP contribution in [0.15, 0.2) is 72.8 Å². The van der Waals surface area contributed by atoms with Gasteiger partial charge in [-0.2, -0.15) is 13.2 Å². The number of carbonyl (C=O) groups is 1. The Morgan fingerprint density at radius 1 is 0.788 bits per heavy atom. The van der Waals surface area contributed by atoms with E-state index >= 15 is 0 Å². The van der Waals surface area contributed by atoms with Crippen LogP contribution < -0.4 is 9.47 Å². The van der Waals surface area contributed by atoms with Gasteiger partial charge in [-0.05, 0) is 59.7 Å². The second-order valence-corrected chi connectivity index (χ2v) is 6.62. The average molecular weight is 468 g/mol. The third-order valence-corrected chi connectivity index (χ3v) is 4.25. The maximum absolute atomic E-state index is 12.8. The Hall–Kier alpha value is -3.95. The molecule has 3 rings (SSSR count). The maximum Gasteiger partial charge on any atom is 0.573 e. The van der Waals surface area contributed by atoms with Crippen molar-refractivity contribution in [3.8, 4) is 28.4 Å². The van der Waals surface area contributed by atoms with E-state index < -0.39 is 29.8 Å². The molecule has 0 aliphatic carbocycles. The van der Waals surface area contributed by atoms with E-state index in [9.17, 15) is 31.1 Å². The van der Waals surface area contributed by atoms with E-state index in [2.05, 4.69) is 4.74 Å². The number of ether oxygens (including phenoxy) is 2. The van der Waals surface area contributed by atoms with Crippen molar-refractivity contribution in [1.29, 1.82) is 0 Å². The lowest BCUT2D eigenvalue weighted by Crippen LogP contribution is -2.16. The minimum Gasteiger partial charge on any atom is -0.478 e. The lowest BCUT2D eigenvalue weighted by Gasteiger charge is -2.13. The minimum absolute atomic E-state index is 0.0686. The van der Waals surface area contributed by atoms with Crippen molar-refractivity contribution < 1.29 is 45.7 Å². The van der Waals surface area contributed by atoms with Crippen LogP contribution in [0.4, 0.5) is 26.3 Å². The van der Waals surface area contributed by atoms with E-state index in [-0.39, 0.29) is 11.5 Å². The Morgan fingerprint density at radius 3 is 1.91 bits per heavy atom. The Balaban J connectivity index is 1.93. The van der Waals surface area contributed by atoms with Crippen LogP contribution in [0, 0.1) is 0 Å². The van der Waals surface area contributed by atoms with Gasteiger partial charge >= 0.3 is 18.5 Å². The molecule has 172 valence electrons. The molecule has 3 aromatic rings. The number of carboxylic acids is 1. The fraction of sp³-hybridized carbons (Fsp3) is 0.0870. The molecule has 1 N–H and O–H groups in total. The predicted molar refractivity (Wildman–Crippen MR) is 107 cm³/mol. The summed E-state index contributed by atoms with van der Waals surface area (Å²) in [5, 5.41) is 8.88.